The molecule has 0 bridgehead atoms. The van der Waals surface area contributed by atoms with Gasteiger partial charge in [0.25, 0.3) is 0 Å². The Labute approximate surface area is 108 Å². The minimum atomic E-state index is -0.0243. The molecule has 1 unspecified atom stereocenters. The lowest BCUT2D eigenvalue weighted by atomic mass is 10.0. The van der Waals surface area contributed by atoms with E-state index >= 15 is 0 Å². The fourth-order valence-corrected chi connectivity index (χ4v) is 1.83. The predicted molar refractivity (Wildman–Crippen MR) is 70.6 cm³/mol. The van der Waals surface area contributed by atoms with Gasteiger partial charge in [-0.3, -0.25) is 4.79 Å². The fourth-order valence-electron chi connectivity index (χ4n) is 1.83. The van der Waals surface area contributed by atoms with Crippen LogP contribution in [0.5, 0.6) is 5.75 Å². The molecule has 0 saturated carbocycles. The van der Waals surface area contributed by atoms with E-state index in [1.54, 1.807) is 0 Å². The van der Waals surface area contributed by atoms with Crippen LogP contribution in [0.15, 0.2) is 24.3 Å². The van der Waals surface area contributed by atoms with Crippen molar-refractivity contribution < 1.29 is 9.53 Å². The summed E-state index contributed by atoms with van der Waals surface area (Å²) in [4.78, 5) is 11.6. The average Bonchev–Trinajstić information content (AvgIpc) is 2.24. The fraction of sp³-hybridized carbons (Fsp3) is 0.500. The van der Waals surface area contributed by atoms with Gasteiger partial charge in [0.1, 0.15) is 11.9 Å². The highest BCUT2D eigenvalue weighted by Crippen LogP contribution is 2.14. The molecule has 0 spiro atoms. The number of carbonyl (C=O) groups is 1. The average molecular weight is 248 g/mol. The van der Waals surface area contributed by atoms with Crippen LogP contribution in [0.2, 0.25) is 0 Å². The van der Waals surface area contributed by atoms with Crippen molar-refractivity contribution in [1.29, 1.82) is 0 Å². The SMILES string of the molecule is Cc1cccc(OC(C)CNC(=O)C2CNC2)c1. The van der Waals surface area contributed by atoms with E-state index in [9.17, 15) is 4.79 Å². The second-order valence-corrected chi connectivity index (χ2v) is 4.85. The molecule has 0 radical (unpaired) electrons. The molecule has 1 amide bonds. The largest absolute Gasteiger partial charge is 0.489 e. The molecule has 1 aromatic rings. The Morgan fingerprint density at radius 2 is 2.33 bits per heavy atom. The standard InChI is InChI=1S/C14H20N2O2/c1-10-4-3-5-13(6-10)18-11(2)7-16-14(17)12-8-15-9-12/h3-6,11-12,15H,7-9H2,1-2H3,(H,16,17). The topological polar surface area (TPSA) is 50.4 Å². The van der Waals surface area contributed by atoms with Crippen LogP contribution >= 0.6 is 0 Å². The van der Waals surface area contributed by atoms with Gasteiger partial charge in [0.15, 0.2) is 0 Å². The monoisotopic (exact) mass is 248 g/mol. The van der Waals surface area contributed by atoms with Crippen LogP contribution in [0.25, 0.3) is 0 Å². The number of hydrogen-bond donors (Lipinski definition) is 2. The molecule has 1 heterocycles. The van der Waals surface area contributed by atoms with Crippen LogP contribution in [-0.4, -0.2) is 31.6 Å². The summed E-state index contributed by atoms with van der Waals surface area (Å²) in [7, 11) is 0. The number of aryl methyl sites for hydroxylation is 1. The highest BCUT2D eigenvalue weighted by atomic mass is 16.5. The van der Waals surface area contributed by atoms with Gasteiger partial charge < -0.3 is 15.4 Å². The zero-order valence-electron chi connectivity index (χ0n) is 10.9. The highest BCUT2D eigenvalue weighted by Gasteiger charge is 2.24. The number of benzene rings is 1. The number of ether oxygens (including phenoxy) is 1. The Bertz CT molecular complexity index is 416. The zero-order chi connectivity index (χ0) is 13.0. The van der Waals surface area contributed by atoms with Gasteiger partial charge in [-0.1, -0.05) is 12.1 Å². The van der Waals surface area contributed by atoms with Gasteiger partial charge in [-0.05, 0) is 31.5 Å². The molecule has 1 aromatic carbocycles. The summed E-state index contributed by atoms with van der Waals surface area (Å²) in [5.74, 6) is 1.10. The molecule has 0 aliphatic carbocycles. The predicted octanol–water partition coefficient (Wildman–Crippen LogP) is 1.10. The third-order valence-corrected chi connectivity index (χ3v) is 3.04. The minimum Gasteiger partial charge on any atom is -0.489 e. The van der Waals surface area contributed by atoms with Crippen molar-refractivity contribution in [2.24, 2.45) is 5.92 Å². The molecule has 4 nitrogen and oxygen atoms in total. The summed E-state index contributed by atoms with van der Waals surface area (Å²) in [6.07, 6.45) is -0.0243. The van der Waals surface area contributed by atoms with E-state index < -0.39 is 0 Å². The molecule has 1 aliphatic heterocycles. The maximum Gasteiger partial charge on any atom is 0.225 e. The van der Waals surface area contributed by atoms with Gasteiger partial charge in [-0.15, -0.1) is 0 Å². The van der Waals surface area contributed by atoms with Crippen molar-refractivity contribution in [2.45, 2.75) is 20.0 Å². The van der Waals surface area contributed by atoms with Gasteiger partial charge in [0.05, 0.1) is 12.5 Å². The van der Waals surface area contributed by atoms with E-state index in [-0.39, 0.29) is 17.9 Å². The van der Waals surface area contributed by atoms with Crippen LogP contribution in [0.3, 0.4) is 0 Å². The quantitative estimate of drug-likeness (QED) is 0.820. The van der Waals surface area contributed by atoms with Crippen molar-refractivity contribution in [3.05, 3.63) is 29.8 Å². The van der Waals surface area contributed by atoms with E-state index in [2.05, 4.69) is 10.6 Å². The van der Waals surface area contributed by atoms with E-state index in [1.165, 1.54) is 5.56 Å². The molecule has 0 aromatic heterocycles. The number of nitrogens with one attached hydrogen (secondary N) is 2. The van der Waals surface area contributed by atoms with Crippen LogP contribution in [0.4, 0.5) is 0 Å². The molecule has 18 heavy (non-hydrogen) atoms. The summed E-state index contributed by atoms with van der Waals surface area (Å²) in [6, 6.07) is 7.92. The minimum absolute atomic E-state index is 0.0243. The first-order chi connectivity index (χ1) is 8.65. The normalized spacial score (nSPS) is 16.8. The summed E-state index contributed by atoms with van der Waals surface area (Å²) < 4.78 is 5.75. The van der Waals surface area contributed by atoms with E-state index in [0.717, 1.165) is 18.8 Å². The first-order valence-corrected chi connectivity index (χ1v) is 6.37. The van der Waals surface area contributed by atoms with Crippen LogP contribution in [0, 0.1) is 12.8 Å². The molecule has 1 fully saturated rings. The van der Waals surface area contributed by atoms with E-state index in [0.29, 0.717) is 6.54 Å². The first kappa shape index (κ1) is 12.9. The Morgan fingerprint density at radius 3 is 2.94 bits per heavy atom. The van der Waals surface area contributed by atoms with Gasteiger partial charge in [0, 0.05) is 13.1 Å². The maximum absolute atomic E-state index is 11.6. The van der Waals surface area contributed by atoms with Gasteiger partial charge in [-0.2, -0.15) is 0 Å². The van der Waals surface area contributed by atoms with Gasteiger partial charge in [-0.25, -0.2) is 0 Å². The lowest BCUT2D eigenvalue weighted by Crippen LogP contribution is -2.51. The maximum atomic E-state index is 11.6. The summed E-state index contributed by atoms with van der Waals surface area (Å²) in [5, 5.41) is 6.00. The Hall–Kier alpha value is -1.55. The number of carbonyl (C=O) groups excluding carboxylic acids is 1. The molecule has 1 saturated heterocycles. The van der Waals surface area contributed by atoms with E-state index in [1.807, 2.05) is 38.1 Å². The summed E-state index contributed by atoms with van der Waals surface area (Å²) >= 11 is 0. The Morgan fingerprint density at radius 1 is 1.56 bits per heavy atom. The smallest absolute Gasteiger partial charge is 0.225 e. The van der Waals surface area contributed by atoms with Crippen LogP contribution in [0.1, 0.15) is 12.5 Å². The second-order valence-electron chi connectivity index (χ2n) is 4.85. The molecule has 98 valence electrons. The molecule has 2 rings (SSSR count). The van der Waals surface area contributed by atoms with Gasteiger partial charge in [0.2, 0.25) is 5.91 Å². The summed E-state index contributed by atoms with van der Waals surface area (Å²) in [5.41, 5.74) is 1.17. The molecule has 1 atom stereocenters. The molecular weight excluding hydrogens is 228 g/mol. The van der Waals surface area contributed by atoms with Crippen molar-refractivity contribution in [3.8, 4) is 5.75 Å². The second kappa shape index (κ2) is 5.87. The lowest BCUT2D eigenvalue weighted by Gasteiger charge is -2.26. The highest BCUT2D eigenvalue weighted by molar-refractivity contribution is 5.80. The van der Waals surface area contributed by atoms with Crippen molar-refractivity contribution in [2.75, 3.05) is 19.6 Å². The lowest BCUT2D eigenvalue weighted by molar-refractivity contribution is -0.126. The van der Waals surface area contributed by atoms with Crippen LogP contribution in [-0.2, 0) is 4.79 Å². The first-order valence-electron chi connectivity index (χ1n) is 6.37. The Balaban J connectivity index is 1.74. The molecule has 4 heteroatoms. The van der Waals surface area contributed by atoms with Crippen molar-refractivity contribution in [3.63, 3.8) is 0 Å². The van der Waals surface area contributed by atoms with Gasteiger partial charge >= 0.3 is 0 Å². The third-order valence-electron chi connectivity index (χ3n) is 3.04. The molecular formula is C14H20N2O2. The molecule has 1 aliphatic rings. The van der Waals surface area contributed by atoms with E-state index in [4.69, 9.17) is 4.74 Å². The summed E-state index contributed by atoms with van der Waals surface area (Å²) in [6.45, 7) is 6.12. The number of hydrogen-bond acceptors (Lipinski definition) is 3. The Kier molecular flexibility index (Phi) is 4.20. The number of rotatable bonds is 5. The molecule has 2 N–H and O–H groups in total. The number of amides is 1. The third kappa shape index (κ3) is 3.47. The zero-order valence-corrected chi connectivity index (χ0v) is 10.9. The van der Waals surface area contributed by atoms with Crippen LogP contribution < -0.4 is 15.4 Å². The van der Waals surface area contributed by atoms with Crippen molar-refractivity contribution >= 4 is 5.91 Å². The van der Waals surface area contributed by atoms with Crippen molar-refractivity contribution in [1.82, 2.24) is 10.6 Å².